The molecule has 0 radical (unpaired) electrons. The average Bonchev–Trinajstić information content (AvgIpc) is 2.94. The van der Waals surface area contributed by atoms with Gasteiger partial charge in [-0.25, -0.2) is 4.98 Å². The minimum Gasteiger partial charge on any atom is -0.355 e. The number of anilines is 1. The van der Waals surface area contributed by atoms with Crippen LogP contribution in [0.15, 0.2) is 0 Å². The van der Waals surface area contributed by atoms with Gasteiger partial charge in [0.15, 0.2) is 0 Å². The van der Waals surface area contributed by atoms with Gasteiger partial charge in [0.25, 0.3) is 0 Å². The number of amides is 1. The Morgan fingerprint density at radius 3 is 2.71 bits per heavy atom. The SMILES string of the molecule is C[C@H]1C[C@@H]1C(=O)NCC1CC2CCC1N2c1nc(C(C)(C)C)ns1. The lowest BCUT2D eigenvalue weighted by molar-refractivity contribution is -0.122. The van der Waals surface area contributed by atoms with Crippen LogP contribution in [0.25, 0.3) is 0 Å². The second kappa shape index (κ2) is 5.68. The van der Waals surface area contributed by atoms with E-state index in [4.69, 9.17) is 4.98 Å². The van der Waals surface area contributed by atoms with Crippen LogP contribution in [0.1, 0.15) is 59.2 Å². The molecule has 1 amide bonds. The van der Waals surface area contributed by atoms with Gasteiger partial charge in [-0.3, -0.25) is 4.79 Å². The molecule has 3 unspecified atom stereocenters. The molecule has 1 aliphatic carbocycles. The number of carbonyl (C=O) groups is 1. The topological polar surface area (TPSA) is 58.1 Å². The smallest absolute Gasteiger partial charge is 0.223 e. The lowest BCUT2D eigenvalue weighted by atomic mass is 9.89. The minimum absolute atomic E-state index is 0.00184. The molecule has 24 heavy (non-hydrogen) atoms. The first-order valence-corrected chi connectivity index (χ1v) is 10.0. The van der Waals surface area contributed by atoms with E-state index in [1.165, 1.54) is 19.3 Å². The van der Waals surface area contributed by atoms with E-state index in [2.05, 4.69) is 42.3 Å². The van der Waals surface area contributed by atoms with Crippen molar-refractivity contribution in [3.05, 3.63) is 5.82 Å². The molecule has 2 bridgehead atoms. The molecule has 4 rings (SSSR count). The summed E-state index contributed by atoms with van der Waals surface area (Å²) in [6, 6.07) is 1.10. The predicted molar refractivity (Wildman–Crippen MR) is 96.3 cm³/mol. The maximum atomic E-state index is 12.1. The summed E-state index contributed by atoms with van der Waals surface area (Å²) in [6.07, 6.45) is 4.71. The van der Waals surface area contributed by atoms with Crippen LogP contribution in [0.4, 0.5) is 5.13 Å². The van der Waals surface area contributed by atoms with Crippen molar-refractivity contribution in [2.24, 2.45) is 17.8 Å². The fourth-order valence-corrected chi connectivity index (χ4v) is 5.29. The van der Waals surface area contributed by atoms with Crippen molar-refractivity contribution in [1.82, 2.24) is 14.7 Å². The number of rotatable bonds is 4. The molecule has 1 N–H and O–H groups in total. The number of nitrogens with one attached hydrogen (secondary N) is 1. The van der Waals surface area contributed by atoms with Gasteiger partial charge in [0.05, 0.1) is 0 Å². The molecule has 2 aliphatic heterocycles. The Morgan fingerprint density at radius 2 is 2.08 bits per heavy atom. The Kier molecular flexibility index (Phi) is 3.86. The van der Waals surface area contributed by atoms with Crippen molar-refractivity contribution in [1.29, 1.82) is 0 Å². The van der Waals surface area contributed by atoms with Gasteiger partial charge in [-0.1, -0.05) is 27.7 Å². The molecule has 1 saturated carbocycles. The fraction of sp³-hybridized carbons (Fsp3) is 0.833. The summed E-state index contributed by atoms with van der Waals surface area (Å²) < 4.78 is 4.59. The van der Waals surface area contributed by atoms with E-state index in [9.17, 15) is 4.79 Å². The average molecular weight is 349 g/mol. The highest BCUT2D eigenvalue weighted by atomic mass is 32.1. The fourth-order valence-electron chi connectivity index (χ4n) is 4.31. The van der Waals surface area contributed by atoms with Gasteiger partial charge in [-0.2, -0.15) is 4.37 Å². The number of fused-ring (bicyclic) bond motifs is 2. The van der Waals surface area contributed by atoms with Crippen LogP contribution in [0.2, 0.25) is 0 Å². The summed E-state index contributed by atoms with van der Waals surface area (Å²) in [6.45, 7) is 9.47. The molecule has 132 valence electrons. The highest BCUT2D eigenvalue weighted by Crippen LogP contribution is 2.45. The molecule has 1 aromatic heterocycles. The maximum Gasteiger partial charge on any atom is 0.223 e. The van der Waals surface area contributed by atoms with Crippen molar-refractivity contribution in [3.63, 3.8) is 0 Å². The molecule has 1 aromatic rings. The summed E-state index contributed by atoms with van der Waals surface area (Å²) in [5.74, 6) is 2.63. The number of nitrogens with zero attached hydrogens (tertiary/aromatic N) is 3. The van der Waals surface area contributed by atoms with E-state index in [1.54, 1.807) is 11.5 Å². The van der Waals surface area contributed by atoms with E-state index in [0.717, 1.165) is 23.9 Å². The number of hydrogen-bond donors (Lipinski definition) is 1. The van der Waals surface area contributed by atoms with Crippen molar-refractivity contribution in [2.45, 2.75) is 70.9 Å². The van der Waals surface area contributed by atoms with Gasteiger partial charge in [0.1, 0.15) is 5.82 Å². The van der Waals surface area contributed by atoms with Gasteiger partial charge in [-0.15, -0.1) is 0 Å². The first-order chi connectivity index (χ1) is 11.3. The molecule has 0 aromatic carbocycles. The third kappa shape index (κ3) is 2.83. The largest absolute Gasteiger partial charge is 0.355 e. The molecule has 5 atom stereocenters. The van der Waals surface area contributed by atoms with E-state index in [-0.39, 0.29) is 17.2 Å². The summed E-state index contributed by atoms with van der Waals surface area (Å²) in [5, 5.41) is 4.29. The zero-order valence-electron chi connectivity index (χ0n) is 15.1. The monoisotopic (exact) mass is 348 g/mol. The highest BCUT2D eigenvalue weighted by Gasteiger charge is 2.48. The molecule has 2 saturated heterocycles. The minimum atomic E-state index is 0.00184. The molecule has 0 spiro atoms. The summed E-state index contributed by atoms with van der Waals surface area (Å²) >= 11 is 1.54. The molecular formula is C18H28N4OS. The maximum absolute atomic E-state index is 12.1. The van der Waals surface area contributed by atoms with Crippen LogP contribution in [0.5, 0.6) is 0 Å². The van der Waals surface area contributed by atoms with Gasteiger partial charge in [-0.05, 0) is 37.5 Å². The Balaban J connectivity index is 1.41. The van der Waals surface area contributed by atoms with Crippen LogP contribution in [0.3, 0.4) is 0 Å². The molecular weight excluding hydrogens is 320 g/mol. The van der Waals surface area contributed by atoms with E-state index < -0.39 is 0 Å². The molecule has 5 nitrogen and oxygen atoms in total. The second-order valence-corrected chi connectivity index (χ2v) is 9.65. The van der Waals surface area contributed by atoms with Crippen LogP contribution < -0.4 is 10.2 Å². The molecule has 3 heterocycles. The summed E-state index contributed by atoms with van der Waals surface area (Å²) in [5.41, 5.74) is 0.00184. The van der Waals surface area contributed by atoms with Gasteiger partial charge in [0.2, 0.25) is 11.0 Å². The molecule has 6 heteroatoms. The standard InChI is InChI=1S/C18H28N4OS/c1-10-7-13(10)15(23)19-9-11-8-12-5-6-14(11)22(12)17-20-16(21-24-17)18(2,3)4/h10-14H,5-9H2,1-4H3,(H,19,23)/t10-,11?,12?,13-,14?/m0/s1. The Bertz CT molecular complexity index is 637. The first-order valence-electron chi connectivity index (χ1n) is 9.25. The lowest BCUT2D eigenvalue weighted by Crippen LogP contribution is -2.37. The Hall–Kier alpha value is -1.17. The van der Waals surface area contributed by atoms with E-state index in [1.807, 2.05) is 0 Å². The van der Waals surface area contributed by atoms with Crippen LogP contribution in [-0.2, 0) is 10.2 Å². The third-order valence-electron chi connectivity index (χ3n) is 5.96. The zero-order chi connectivity index (χ0) is 17.1. The number of hydrogen-bond acceptors (Lipinski definition) is 5. The number of aromatic nitrogens is 2. The van der Waals surface area contributed by atoms with Gasteiger partial charge < -0.3 is 10.2 Å². The van der Waals surface area contributed by atoms with Crippen molar-refractivity contribution >= 4 is 22.6 Å². The molecule has 3 fully saturated rings. The Labute approximate surface area is 148 Å². The van der Waals surface area contributed by atoms with Gasteiger partial charge >= 0.3 is 0 Å². The second-order valence-electron chi connectivity index (χ2n) is 8.92. The van der Waals surface area contributed by atoms with E-state index >= 15 is 0 Å². The van der Waals surface area contributed by atoms with Crippen LogP contribution >= 0.6 is 11.5 Å². The van der Waals surface area contributed by atoms with Crippen molar-refractivity contribution in [2.75, 3.05) is 11.4 Å². The van der Waals surface area contributed by atoms with Gasteiger partial charge in [0, 0.05) is 41.5 Å². The zero-order valence-corrected chi connectivity index (χ0v) is 15.9. The predicted octanol–water partition coefficient (Wildman–Crippen LogP) is 2.97. The van der Waals surface area contributed by atoms with E-state index in [0.29, 0.717) is 23.9 Å². The van der Waals surface area contributed by atoms with Crippen LogP contribution in [-0.4, -0.2) is 33.9 Å². The third-order valence-corrected chi connectivity index (χ3v) is 6.69. The summed E-state index contributed by atoms with van der Waals surface area (Å²) in [4.78, 5) is 19.4. The van der Waals surface area contributed by atoms with Crippen molar-refractivity contribution < 1.29 is 4.79 Å². The normalized spacial score (nSPS) is 34.7. The highest BCUT2D eigenvalue weighted by molar-refractivity contribution is 7.09. The first kappa shape index (κ1) is 16.3. The number of carbonyl (C=O) groups excluding carboxylic acids is 1. The Morgan fingerprint density at radius 1 is 1.33 bits per heavy atom. The van der Waals surface area contributed by atoms with Crippen LogP contribution in [0, 0.1) is 17.8 Å². The van der Waals surface area contributed by atoms with Crippen molar-refractivity contribution in [3.8, 4) is 0 Å². The summed E-state index contributed by atoms with van der Waals surface area (Å²) in [7, 11) is 0. The quantitative estimate of drug-likeness (QED) is 0.909. The lowest BCUT2D eigenvalue weighted by Gasteiger charge is -2.24. The molecule has 3 aliphatic rings.